The monoisotopic (exact) mass is 370 g/mol. The summed E-state index contributed by atoms with van der Waals surface area (Å²) in [7, 11) is 1.68. The Morgan fingerprint density at radius 1 is 1.27 bits per heavy atom. The molecular weight excluding hydrogens is 348 g/mol. The van der Waals surface area contributed by atoms with Gasteiger partial charge < -0.3 is 14.6 Å². The number of benzene rings is 2. The average molecular weight is 370 g/mol. The number of aryl methyl sites for hydroxylation is 1. The van der Waals surface area contributed by atoms with Gasteiger partial charge in [0.1, 0.15) is 6.33 Å². The molecule has 0 saturated heterocycles. The lowest BCUT2D eigenvalue weighted by molar-refractivity contribution is -0.115. The lowest BCUT2D eigenvalue weighted by Crippen LogP contribution is -2.23. The van der Waals surface area contributed by atoms with Crippen LogP contribution in [0.3, 0.4) is 0 Å². The molecule has 0 radical (unpaired) electrons. The highest BCUT2D eigenvalue weighted by atomic mass is 32.2. The molecule has 0 fully saturated rings. The molecule has 1 atom stereocenters. The van der Waals surface area contributed by atoms with Gasteiger partial charge in [-0.1, -0.05) is 42.1 Å². The van der Waals surface area contributed by atoms with Crippen molar-refractivity contribution < 1.29 is 9.53 Å². The van der Waals surface area contributed by atoms with E-state index in [-0.39, 0.29) is 11.2 Å². The molecule has 0 saturated carbocycles. The Labute approximate surface area is 156 Å². The van der Waals surface area contributed by atoms with Gasteiger partial charge in [-0.15, -0.1) is 10.2 Å². The molecule has 136 valence electrons. The summed E-state index contributed by atoms with van der Waals surface area (Å²) in [4.78, 5) is 12.5. The first-order valence-corrected chi connectivity index (χ1v) is 9.38. The molecule has 3 rings (SSSR count). The van der Waals surface area contributed by atoms with E-state index in [1.54, 1.807) is 13.4 Å². The van der Waals surface area contributed by atoms with Crippen LogP contribution in [0, 0.1) is 0 Å². The quantitative estimate of drug-likeness (QED) is 0.485. The Kier molecular flexibility index (Phi) is 6.25. The van der Waals surface area contributed by atoms with E-state index in [4.69, 9.17) is 4.74 Å². The smallest absolute Gasteiger partial charge is 0.237 e. The number of amides is 1. The van der Waals surface area contributed by atoms with Gasteiger partial charge in [-0.3, -0.25) is 4.79 Å². The molecule has 7 heteroatoms. The van der Waals surface area contributed by atoms with Crippen molar-refractivity contribution in [3.05, 3.63) is 48.8 Å². The number of nitrogens with zero attached hydrogens (tertiary/aromatic N) is 3. The van der Waals surface area contributed by atoms with E-state index < -0.39 is 0 Å². The SMILES string of the molecule is COCCCn1cnnc1SC(C)C(=O)Nc1ccc2ccccc2c1. The summed E-state index contributed by atoms with van der Waals surface area (Å²) in [6, 6.07) is 14.0. The Morgan fingerprint density at radius 2 is 2.08 bits per heavy atom. The molecule has 1 unspecified atom stereocenters. The molecule has 1 aromatic heterocycles. The Morgan fingerprint density at radius 3 is 2.88 bits per heavy atom. The van der Waals surface area contributed by atoms with E-state index in [9.17, 15) is 4.79 Å². The summed E-state index contributed by atoms with van der Waals surface area (Å²) in [5, 5.41) is 13.8. The molecule has 2 aromatic carbocycles. The average Bonchev–Trinajstić information content (AvgIpc) is 3.09. The lowest BCUT2D eigenvalue weighted by Gasteiger charge is -2.13. The maximum Gasteiger partial charge on any atom is 0.237 e. The summed E-state index contributed by atoms with van der Waals surface area (Å²) < 4.78 is 7.02. The van der Waals surface area contributed by atoms with Crippen LogP contribution in [0.2, 0.25) is 0 Å². The fraction of sp³-hybridized carbons (Fsp3) is 0.316. The number of methoxy groups -OCH3 is 1. The molecule has 0 aliphatic rings. The van der Waals surface area contributed by atoms with E-state index in [2.05, 4.69) is 21.6 Å². The maximum absolute atomic E-state index is 12.5. The van der Waals surface area contributed by atoms with Crippen LogP contribution in [0.5, 0.6) is 0 Å². The first kappa shape index (κ1) is 18.4. The normalized spacial score (nSPS) is 12.2. The number of anilines is 1. The van der Waals surface area contributed by atoms with E-state index >= 15 is 0 Å². The molecule has 3 aromatic rings. The van der Waals surface area contributed by atoms with Gasteiger partial charge in [0, 0.05) is 25.9 Å². The third-order valence-electron chi connectivity index (χ3n) is 4.00. The molecule has 0 aliphatic carbocycles. The summed E-state index contributed by atoms with van der Waals surface area (Å²) in [6.45, 7) is 3.32. The number of rotatable bonds is 8. The minimum absolute atomic E-state index is 0.0586. The number of hydrogen-bond acceptors (Lipinski definition) is 5. The van der Waals surface area contributed by atoms with Crippen molar-refractivity contribution in [3.8, 4) is 0 Å². The fourth-order valence-corrected chi connectivity index (χ4v) is 3.44. The number of nitrogens with one attached hydrogen (secondary N) is 1. The zero-order chi connectivity index (χ0) is 18.4. The minimum Gasteiger partial charge on any atom is -0.385 e. The number of ether oxygens (including phenoxy) is 1. The Balaban J connectivity index is 1.61. The summed E-state index contributed by atoms with van der Waals surface area (Å²) in [5.74, 6) is -0.0586. The number of carbonyl (C=O) groups is 1. The van der Waals surface area contributed by atoms with Gasteiger partial charge in [-0.05, 0) is 36.2 Å². The highest BCUT2D eigenvalue weighted by molar-refractivity contribution is 8.00. The first-order chi connectivity index (χ1) is 12.7. The number of hydrogen-bond donors (Lipinski definition) is 1. The third-order valence-corrected chi connectivity index (χ3v) is 5.09. The second-order valence-corrected chi connectivity index (χ2v) is 7.27. The second kappa shape index (κ2) is 8.82. The number of fused-ring (bicyclic) bond motifs is 1. The van der Waals surface area contributed by atoms with E-state index in [1.807, 2.05) is 47.9 Å². The largest absolute Gasteiger partial charge is 0.385 e. The number of thioether (sulfide) groups is 1. The Bertz CT molecular complexity index is 881. The highest BCUT2D eigenvalue weighted by Crippen LogP contribution is 2.24. The second-order valence-electron chi connectivity index (χ2n) is 5.96. The first-order valence-electron chi connectivity index (χ1n) is 8.50. The van der Waals surface area contributed by atoms with Crippen molar-refractivity contribution in [1.29, 1.82) is 0 Å². The topological polar surface area (TPSA) is 69.0 Å². The van der Waals surface area contributed by atoms with E-state index in [0.29, 0.717) is 6.61 Å². The molecule has 26 heavy (non-hydrogen) atoms. The van der Waals surface area contributed by atoms with Crippen molar-refractivity contribution in [3.63, 3.8) is 0 Å². The maximum atomic E-state index is 12.5. The summed E-state index contributed by atoms with van der Waals surface area (Å²) >= 11 is 1.40. The lowest BCUT2D eigenvalue weighted by atomic mass is 10.1. The van der Waals surface area contributed by atoms with E-state index in [1.165, 1.54) is 11.8 Å². The van der Waals surface area contributed by atoms with Crippen LogP contribution in [-0.2, 0) is 16.1 Å². The van der Waals surface area contributed by atoms with Gasteiger partial charge in [0.15, 0.2) is 5.16 Å². The standard InChI is InChI=1S/C19H22N4O2S/c1-14(26-19-22-20-13-23(19)10-5-11-25-2)18(24)21-17-9-8-15-6-3-4-7-16(15)12-17/h3-4,6-9,12-14H,5,10-11H2,1-2H3,(H,21,24). The predicted molar refractivity (Wildman–Crippen MR) is 104 cm³/mol. The molecule has 0 aliphatic heterocycles. The number of carbonyl (C=O) groups excluding carboxylic acids is 1. The molecule has 1 N–H and O–H groups in total. The van der Waals surface area contributed by atoms with Gasteiger partial charge in [0.25, 0.3) is 0 Å². The predicted octanol–water partition coefficient (Wildman–Crippen LogP) is 3.59. The van der Waals surface area contributed by atoms with Crippen LogP contribution in [0.1, 0.15) is 13.3 Å². The van der Waals surface area contributed by atoms with Crippen molar-refractivity contribution in [1.82, 2.24) is 14.8 Å². The summed E-state index contributed by atoms with van der Waals surface area (Å²) in [6.07, 6.45) is 2.56. The molecule has 0 bridgehead atoms. The van der Waals surface area contributed by atoms with Gasteiger partial charge in [-0.2, -0.15) is 0 Å². The summed E-state index contributed by atoms with van der Waals surface area (Å²) in [5.41, 5.74) is 0.794. The highest BCUT2D eigenvalue weighted by Gasteiger charge is 2.18. The zero-order valence-electron chi connectivity index (χ0n) is 14.9. The van der Waals surface area contributed by atoms with Crippen molar-refractivity contribution in [2.24, 2.45) is 0 Å². The zero-order valence-corrected chi connectivity index (χ0v) is 15.7. The van der Waals surface area contributed by atoms with Crippen molar-refractivity contribution >= 4 is 34.1 Å². The van der Waals surface area contributed by atoms with Crippen molar-refractivity contribution in [2.75, 3.05) is 19.0 Å². The fourth-order valence-electron chi connectivity index (χ4n) is 2.59. The molecule has 1 amide bonds. The molecule has 0 spiro atoms. The van der Waals surface area contributed by atoms with Gasteiger partial charge >= 0.3 is 0 Å². The van der Waals surface area contributed by atoms with Crippen LogP contribution >= 0.6 is 11.8 Å². The van der Waals surface area contributed by atoms with Crippen LogP contribution in [0.15, 0.2) is 53.9 Å². The molecule has 6 nitrogen and oxygen atoms in total. The van der Waals surface area contributed by atoms with Gasteiger partial charge in [0.2, 0.25) is 5.91 Å². The van der Waals surface area contributed by atoms with Gasteiger partial charge in [0.05, 0.1) is 5.25 Å². The van der Waals surface area contributed by atoms with Crippen LogP contribution < -0.4 is 5.32 Å². The van der Waals surface area contributed by atoms with Crippen LogP contribution in [0.25, 0.3) is 10.8 Å². The third kappa shape index (κ3) is 4.62. The molecule has 1 heterocycles. The van der Waals surface area contributed by atoms with Gasteiger partial charge in [-0.25, -0.2) is 0 Å². The minimum atomic E-state index is -0.285. The molecular formula is C19H22N4O2S. The van der Waals surface area contributed by atoms with Crippen LogP contribution in [0.4, 0.5) is 5.69 Å². The van der Waals surface area contributed by atoms with Crippen molar-refractivity contribution in [2.45, 2.75) is 30.3 Å². The number of aromatic nitrogens is 3. The van der Waals surface area contributed by atoms with Crippen LogP contribution in [-0.4, -0.2) is 39.6 Å². The van der Waals surface area contributed by atoms with E-state index in [0.717, 1.165) is 34.6 Å². The Hall–Kier alpha value is -2.38.